The van der Waals surface area contributed by atoms with Crippen molar-refractivity contribution in [3.05, 3.63) is 0 Å². The molecule has 4 nitrogen and oxygen atoms in total. The molecule has 0 unspecified atom stereocenters. The highest BCUT2D eigenvalue weighted by atomic mass is 16.4. The fourth-order valence-electron chi connectivity index (χ4n) is 1.12. The van der Waals surface area contributed by atoms with Crippen molar-refractivity contribution in [1.82, 2.24) is 5.32 Å². The molecule has 0 aromatic rings. The number of rotatable bonds is 1. The van der Waals surface area contributed by atoms with Crippen LogP contribution in [-0.4, -0.2) is 34.4 Å². The van der Waals surface area contributed by atoms with E-state index >= 15 is 0 Å². The SMILES string of the molecule is C[C@]1(C(=O)O)C[C@H](O)CN1. The summed E-state index contributed by atoms with van der Waals surface area (Å²) in [5.41, 5.74) is -0.917. The van der Waals surface area contributed by atoms with Gasteiger partial charge in [0.15, 0.2) is 0 Å². The van der Waals surface area contributed by atoms with Gasteiger partial charge >= 0.3 is 5.97 Å². The summed E-state index contributed by atoms with van der Waals surface area (Å²) in [5.74, 6) is -0.899. The molecule has 0 aromatic carbocycles. The molecule has 0 spiro atoms. The van der Waals surface area contributed by atoms with E-state index in [1.807, 2.05) is 0 Å². The molecule has 0 radical (unpaired) electrons. The first-order valence-corrected chi connectivity index (χ1v) is 3.21. The van der Waals surface area contributed by atoms with Crippen molar-refractivity contribution in [2.45, 2.75) is 25.0 Å². The van der Waals surface area contributed by atoms with Crippen LogP contribution in [0, 0.1) is 0 Å². The lowest BCUT2D eigenvalue weighted by Gasteiger charge is -2.16. The van der Waals surface area contributed by atoms with Crippen LogP contribution in [0.3, 0.4) is 0 Å². The maximum absolute atomic E-state index is 10.5. The van der Waals surface area contributed by atoms with E-state index in [1.165, 1.54) is 0 Å². The number of hydrogen-bond donors (Lipinski definition) is 3. The van der Waals surface area contributed by atoms with Crippen molar-refractivity contribution in [3.63, 3.8) is 0 Å². The summed E-state index contributed by atoms with van der Waals surface area (Å²) in [6.07, 6.45) is -0.219. The predicted octanol–water partition coefficient (Wildman–Crippen LogP) is -0.816. The maximum Gasteiger partial charge on any atom is 0.323 e. The highest BCUT2D eigenvalue weighted by molar-refractivity contribution is 5.78. The van der Waals surface area contributed by atoms with E-state index in [-0.39, 0.29) is 0 Å². The first-order chi connectivity index (χ1) is 4.54. The standard InChI is InChI=1S/C6H11NO3/c1-6(5(9)10)2-4(8)3-7-6/h4,7-8H,2-3H2,1H3,(H,9,10)/t4-,6+/m0/s1. The van der Waals surface area contributed by atoms with Gasteiger partial charge in [-0.25, -0.2) is 0 Å². The van der Waals surface area contributed by atoms with Gasteiger partial charge in [-0.2, -0.15) is 0 Å². The van der Waals surface area contributed by atoms with Crippen LogP contribution in [0.4, 0.5) is 0 Å². The average Bonchev–Trinajstić information content (AvgIpc) is 2.13. The van der Waals surface area contributed by atoms with Gasteiger partial charge in [0.25, 0.3) is 0 Å². The van der Waals surface area contributed by atoms with Crippen LogP contribution in [0.25, 0.3) is 0 Å². The van der Waals surface area contributed by atoms with E-state index in [2.05, 4.69) is 5.32 Å². The molecule has 1 saturated heterocycles. The molecule has 1 aliphatic heterocycles. The van der Waals surface area contributed by atoms with E-state index in [1.54, 1.807) is 6.92 Å². The van der Waals surface area contributed by atoms with Crippen molar-refractivity contribution < 1.29 is 15.0 Å². The van der Waals surface area contributed by atoms with Gasteiger partial charge in [-0.1, -0.05) is 0 Å². The van der Waals surface area contributed by atoms with Crippen molar-refractivity contribution in [3.8, 4) is 0 Å². The van der Waals surface area contributed by atoms with Gasteiger partial charge in [-0.05, 0) is 6.92 Å². The number of β-amino-alcohol motifs (C(OH)–C–C–N with tert-alkyl or cyclic N) is 1. The van der Waals surface area contributed by atoms with Gasteiger partial charge in [-0.3, -0.25) is 10.1 Å². The molecular weight excluding hydrogens is 134 g/mol. The Labute approximate surface area is 58.9 Å². The number of carboxylic acids is 1. The Hall–Kier alpha value is -0.610. The Kier molecular flexibility index (Phi) is 1.66. The lowest BCUT2D eigenvalue weighted by atomic mass is 10.0. The number of carbonyl (C=O) groups is 1. The molecule has 58 valence electrons. The van der Waals surface area contributed by atoms with E-state index in [0.717, 1.165) is 0 Å². The van der Waals surface area contributed by atoms with Crippen LogP contribution in [0.2, 0.25) is 0 Å². The normalized spacial score (nSPS) is 40.0. The molecule has 0 aliphatic carbocycles. The zero-order chi connectivity index (χ0) is 7.78. The number of aliphatic hydroxyl groups is 1. The fraction of sp³-hybridized carbons (Fsp3) is 0.833. The lowest BCUT2D eigenvalue weighted by molar-refractivity contribution is -0.143. The first-order valence-electron chi connectivity index (χ1n) is 3.21. The Morgan fingerprint density at radius 2 is 2.40 bits per heavy atom. The number of hydrogen-bond acceptors (Lipinski definition) is 3. The maximum atomic E-state index is 10.5. The van der Waals surface area contributed by atoms with Crippen molar-refractivity contribution in [2.24, 2.45) is 0 Å². The van der Waals surface area contributed by atoms with Gasteiger partial charge in [0.2, 0.25) is 0 Å². The lowest BCUT2D eigenvalue weighted by Crippen LogP contribution is -2.44. The van der Waals surface area contributed by atoms with E-state index in [9.17, 15) is 4.79 Å². The van der Waals surface area contributed by atoms with Gasteiger partial charge in [-0.15, -0.1) is 0 Å². The summed E-state index contributed by atoms with van der Waals surface area (Å²) in [5, 5.41) is 20.3. The van der Waals surface area contributed by atoms with Crippen LogP contribution in [0.1, 0.15) is 13.3 Å². The monoisotopic (exact) mass is 145 g/mol. The van der Waals surface area contributed by atoms with Crippen LogP contribution in [-0.2, 0) is 4.79 Å². The molecule has 1 heterocycles. The molecule has 0 bridgehead atoms. The van der Waals surface area contributed by atoms with Gasteiger partial charge in [0.1, 0.15) is 5.54 Å². The molecule has 1 rings (SSSR count). The molecule has 2 atom stereocenters. The minimum atomic E-state index is -0.917. The number of aliphatic carboxylic acids is 1. The summed E-state index contributed by atoms with van der Waals surface area (Å²) in [6, 6.07) is 0. The minimum Gasteiger partial charge on any atom is -0.480 e. The largest absolute Gasteiger partial charge is 0.480 e. The summed E-state index contributed by atoms with van der Waals surface area (Å²) < 4.78 is 0. The molecule has 3 N–H and O–H groups in total. The van der Waals surface area contributed by atoms with Crippen LogP contribution in [0.5, 0.6) is 0 Å². The summed E-state index contributed by atoms with van der Waals surface area (Å²) >= 11 is 0. The Morgan fingerprint density at radius 3 is 2.60 bits per heavy atom. The molecule has 0 amide bonds. The van der Waals surface area contributed by atoms with E-state index in [4.69, 9.17) is 10.2 Å². The highest BCUT2D eigenvalue weighted by Crippen LogP contribution is 2.18. The number of nitrogens with one attached hydrogen (secondary N) is 1. The second kappa shape index (κ2) is 2.21. The average molecular weight is 145 g/mol. The predicted molar refractivity (Wildman–Crippen MR) is 34.7 cm³/mol. The van der Waals surface area contributed by atoms with Crippen molar-refractivity contribution >= 4 is 5.97 Å². The number of carboxylic acid groups (broad SMARTS) is 1. The summed E-state index contributed by atoms with van der Waals surface area (Å²) in [6.45, 7) is 1.95. The zero-order valence-electron chi connectivity index (χ0n) is 5.79. The number of aliphatic hydroxyl groups excluding tert-OH is 1. The molecule has 4 heteroatoms. The van der Waals surface area contributed by atoms with Crippen LogP contribution < -0.4 is 5.32 Å². The quantitative estimate of drug-likeness (QED) is 0.451. The summed E-state index contributed by atoms with van der Waals surface area (Å²) in [4.78, 5) is 10.5. The molecule has 0 saturated carbocycles. The molecule has 10 heavy (non-hydrogen) atoms. The fourth-order valence-corrected chi connectivity index (χ4v) is 1.12. The Morgan fingerprint density at radius 1 is 1.80 bits per heavy atom. The molecule has 1 fully saturated rings. The molecule has 0 aromatic heterocycles. The third-order valence-electron chi connectivity index (χ3n) is 1.84. The van der Waals surface area contributed by atoms with Gasteiger partial charge in [0.05, 0.1) is 6.10 Å². The van der Waals surface area contributed by atoms with Crippen LogP contribution >= 0.6 is 0 Å². The highest BCUT2D eigenvalue weighted by Gasteiger charge is 2.40. The Balaban J connectivity index is 2.63. The third-order valence-corrected chi connectivity index (χ3v) is 1.84. The molecule has 1 aliphatic rings. The van der Waals surface area contributed by atoms with Crippen LogP contribution in [0.15, 0.2) is 0 Å². The smallest absolute Gasteiger partial charge is 0.323 e. The van der Waals surface area contributed by atoms with Gasteiger partial charge < -0.3 is 10.2 Å². The first kappa shape index (κ1) is 7.50. The topological polar surface area (TPSA) is 69.6 Å². The second-order valence-corrected chi connectivity index (χ2v) is 2.88. The van der Waals surface area contributed by atoms with Crippen molar-refractivity contribution in [1.29, 1.82) is 0 Å². The molecular formula is C6H11NO3. The van der Waals surface area contributed by atoms with Gasteiger partial charge in [0, 0.05) is 13.0 Å². The van der Waals surface area contributed by atoms with E-state index < -0.39 is 17.6 Å². The summed E-state index contributed by atoms with van der Waals surface area (Å²) in [7, 11) is 0. The third kappa shape index (κ3) is 1.12. The second-order valence-electron chi connectivity index (χ2n) is 2.88. The Bertz CT molecular complexity index is 159. The zero-order valence-corrected chi connectivity index (χ0v) is 5.79. The van der Waals surface area contributed by atoms with Crippen molar-refractivity contribution in [2.75, 3.05) is 6.54 Å². The minimum absolute atomic E-state index is 0.294. The van der Waals surface area contributed by atoms with E-state index in [0.29, 0.717) is 13.0 Å².